The summed E-state index contributed by atoms with van der Waals surface area (Å²) in [5.74, 6) is 0.637. The number of piperidine rings is 1. The smallest absolute Gasteiger partial charge is 0.407 e. The molecule has 0 saturated carbocycles. The average molecular weight is 379 g/mol. The number of hydrogen-bond donors (Lipinski definition) is 1. The van der Waals surface area contributed by atoms with Crippen LogP contribution in [0.15, 0.2) is 16.7 Å². The van der Waals surface area contributed by atoms with Gasteiger partial charge in [0.25, 0.3) is 0 Å². The molecule has 26 heavy (non-hydrogen) atoms. The molecule has 2 aliphatic rings. The van der Waals surface area contributed by atoms with E-state index < -0.39 is 22.2 Å². The van der Waals surface area contributed by atoms with Crippen molar-refractivity contribution in [1.82, 2.24) is 9.88 Å². The monoisotopic (exact) mass is 379 g/mol. The van der Waals surface area contributed by atoms with Crippen LogP contribution in [0.5, 0.6) is 5.75 Å². The summed E-state index contributed by atoms with van der Waals surface area (Å²) < 4.78 is 22.2. The minimum absolute atomic E-state index is 0.311. The molecule has 8 heteroatoms. The number of ether oxygens (including phenoxy) is 1. The van der Waals surface area contributed by atoms with E-state index in [1.807, 2.05) is 26.8 Å². The van der Waals surface area contributed by atoms with Crippen molar-refractivity contribution in [3.63, 3.8) is 0 Å². The first-order chi connectivity index (χ1) is 12.2. The van der Waals surface area contributed by atoms with Gasteiger partial charge in [-0.3, -0.25) is 4.98 Å². The standard InChI is InChI=1S/C18H25N3O4S/c1-17(2,3)26(24)20-15-13-9-12(25-4)11-19-14(13)10-18(15)5-7-21(8-6-18)16(22)23/h9,11H,5-8,10H2,1-4H3,(H,22,23)/b20-15+/t26-/m1/s1. The van der Waals surface area contributed by atoms with Crippen LogP contribution in [0.3, 0.4) is 0 Å². The fourth-order valence-corrected chi connectivity index (χ4v) is 4.26. The second-order valence-electron chi connectivity index (χ2n) is 7.90. The lowest BCUT2D eigenvalue weighted by Gasteiger charge is -2.38. The third-order valence-corrected chi connectivity index (χ3v) is 6.53. The van der Waals surface area contributed by atoms with E-state index in [1.54, 1.807) is 13.3 Å². The molecule has 2 heterocycles. The molecule has 142 valence electrons. The number of rotatable bonds is 2. The Morgan fingerprint density at radius 3 is 2.62 bits per heavy atom. The molecule has 1 aromatic heterocycles. The van der Waals surface area contributed by atoms with Gasteiger partial charge in [-0.15, -0.1) is 0 Å². The van der Waals surface area contributed by atoms with Gasteiger partial charge in [-0.1, -0.05) is 4.40 Å². The van der Waals surface area contributed by atoms with Crippen molar-refractivity contribution in [2.45, 2.75) is 44.8 Å². The Morgan fingerprint density at radius 1 is 1.42 bits per heavy atom. The Kier molecular flexibility index (Phi) is 4.92. The van der Waals surface area contributed by atoms with Gasteiger partial charge in [-0.2, -0.15) is 0 Å². The van der Waals surface area contributed by atoms with Gasteiger partial charge in [-0.05, 0) is 39.7 Å². The van der Waals surface area contributed by atoms with Gasteiger partial charge in [0.1, 0.15) is 27.6 Å². The van der Waals surface area contributed by atoms with E-state index in [9.17, 15) is 14.5 Å². The first-order valence-electron chi connectivity index (χ1n) is 8.69. The second-order valence-corrected chi connectivity index (χ2v) is 9.80. The molecule has 1 fully saturated rings. The highest BCUT2D eigenvalue weighted by molar-refractivity contribution is 7.91. The van der Waals surface area contributed by atoms with E-state index in [0.717, 1.165) is 17.0 Å². The van der Waals surface area contributed by atoms with Crippen LogP contribution in [0.1, 0.15) is 44.9 Å². The number of likely N-dealkylation sites (tertiary alicyclic amines) is 1. The van der Waals surface area contributed by atoms with Crippen molar-refractivity contribution in [3.05, 3.63) is 23.5 Å². The highest BCUT2D eigenvalue weighted by Crippen LogP contribution is 2.46. The van der Waals surface area contributed by atoms with E-state index in [4.69, 9.17) is 4.74 Å². The highest BCUT2D eigenvalue weighted by Gasteiger charge is 2.48. The van der Waals surface area contributed by atoms with Gasteiger partial charge >= 0.3 is 6.09 Å². The molecule has 1 aliphatic carbocycles. The SMILES string of the molecule is COc1cnc2c(c1)/C(=N\[S@+]([O-])C(C)(C)C)C1(CCN(C(=O)O)CC1)C2. The molecule has 1 N–H and O–H groups in total. The molecule has 1 saturated heterocycles. The summed E-state index contributed by atoms with van der Waals surface area (Å²) >= 11 is -1.40. The van der Waals surface area contributed by atoms with Gasteiger partial charge in [0.05, 0.1) is 19.0 Å². The lowest BCUT2D eigenvalue weighted by atomic mass is 9.75. The Hall–Kier alpha value is -1.80. The number of fused-ring (bicyclic) bond motifs is 1. The van der Waals surface area contributed by atoms with Crippen LogP contribution in [-0.4, -0.2) is 56.3 Å². The van der Waals surface area contributed by atoms with Crippen molar-refractivity contribution in [2.75, 3.05) is 20.2 Å². The maximum Gasteiger partial charge on any atom is 0.407 e. The predicted octanol–water partition coefficient (Wildman–Crippen LogP) is 2.66. The Labute approximate surface area is 156 Å². The van der Waals surface area contributed by atoms with Gasteiger partial charge in [0.2, 0.25) is 0 Å². The van der Waals surface area contributed by atoms with Crippen molar-refractivity contribution in [2.24, 2.45) is 9.81 Å². The lowest BCUT2D eigenvalue weighted by Crippen LogP contribution is -2.45. The van der Waals surface area contributed by atoms with Crippen molar-refractivity contribution >= 4 is 23.2 Å². The zero-order chi connectivity index (χ0) is 19.1. The molecule has 1 aliphatic heterocycles. The average Bonchev–Trinajstić information content (AvgIpc) is 2.87. The van der Waals surface area contributed by atoms with E-state index in [-0.39, 0.29) is 5.41 Å². The summed E-state index contributed by atoms with van der Waals surface area (Å²) in [5.41, 5.74) is 2.27. The van der Waals surface area contributed by atoms with Crippen LogP contribution in [-0.2, 0) is 17.8 Å². The molecule has 1 spiro atoms. The predicted molar refractivity (Wildman–Crippen MR) is 100 cm³/mol. The summed E-state index contributed by atoms with van der Waals surface area (Å²) in [6.45, 7) is 6.58. The quantitative estimate of drug-likeness (QED) is 0.797. The number of pyridine rings is 1. The highest BCUT2D eigenvalue weighted by atomic mass is 32.2. The van der Waals surface area contributed by atoms with E-state index in [0.29, 0.717) is 38.1 Å². The number of carbonyl (C=O) groups is 1. The molecule has 1 atom stereocenters. The minimum atomic E-state index is -1.40. The van der Waals surface area contributed by atoms with Crippen LogP contribution in [0.2, 0.25) is 0 Å². The molecule has 0 unspecified atom stereocenters. The maximum absolute atomic E-state index is 12.8. The molecule has 1 aromatic rings. The molecule has 3 rings (SSSR count). The van der Waals surface area contributed by atoms with E-state index in [1.165, 1.54) is 4.90 Å². The molecular formula is C18H25N3O4S. The molecule has 1 amide bonds. The summed E-state index contributed by atoms with van der Waals surface area (Å²) in [6, 6.07) is 1.90. The van der Waals surface area contributed by atoms with Gasteiger partial charge in [-0.25, -0.2) is 4.79 Å². The zero-order valence-electron chi connectivity index (χ0n) is 15.6. The van der Waals surface area contributed by atoms with Crippen molar-refractivity contribution < 1.29 is 19.2 Å². The molecule has 7 nitrogen and oxygen atoms in total. The maximum atomic E-state index is 12.8. The number of methoxy groups -OCH3 is 1. The van der Waals surface area contributed by atoms with Crippen LogP contribution in [0, 0.1) is 5.41 Å². The van der Waals surface area contributed by atoms with Gasteiger partial charge in [0.15, 0.2) is 0 Å². The Morgan fingerprint density at radius 2 is 2.08 bits per heavy atom. The molecule has 0 aromatic carbocycles. The van der Waals surface area contributed by atoms with E-state index >= 15 is 0 Å². The third-order valence-electron chi connectivity index (χ3n) is 5.13. The number of amides is 1. The summed E-state index contributed by atoms with van der Waals surface area (Å²) in [6.07, 6.45) is 2.78. The number of hydrogen-bond acceptors (Lipinski definition) is 5. The van der Waals surface area contributed by atoms with Crippen molar-refractivity contribution in [1.29, 1.82) is 0 Å². The first-order valence-corrected chi connectivity index (χ1v) is 9.79. The zero-order valence-corrected chi connectivity index (χ0v) is 16.4. The Bertz CT molecular complexity index is 736. The van der Waals surface area contributed by atoms with E-state index in [2.05, 4.69) is 9.38 Å². The minimum Gasteiger partial charge on any atom is -0.591 e. The van der Waals surface area contributed by atoms with Crippen molar-refractivity contribution in [3.8, 4) is 5.75 Å². The van der Waals surface area contributed by atoms with Gasteiger partial charge in [0, 0.05) is 30.5 Å². The van der Waals surface area contributed by atoms with Crippen LogP contribution < -0.4 is 4.74 Å². The number of carboxylic acid groups (broad SMARTS) is 1. The first kappa shape index (κ1) is 19.0. The van der Waals surface area contributed by atoms with Gasteiger partial charge < -0.3 is 19.3 Å². The molecule has 0 bridgehead atoms. The summed E-state index contributed by atoms with van der Waals surface area (Å²) in [7, 11) is 1.59. The largest absolute Gasteiger partial charge is 0.591 e. The number of aromatic nitrogens is 1. The summed E-state index contributed by atoms with van der Waals surface area (Å²) in [4.78, 5) is 17.2. The summed E-state index contributed by atoms with van der Waals surface area (Å²) in [5, 5.41) is 9.25. The lowest BCUT2D eigenvalue weighted by molar-refractivity contribution is 0.114. The fraction of sp³-hybridized carbons (Fsp3) is 0.611. The second kappa shape index (κ2) is 6.74. The van der Waals surface area contributed by atoms with Crippen LogP contribution >= 0.6 is 0 Å². The normalized spacial score (nSPS) is 21.7. The van der Waals surface area contributed by atoms with Crippen LogP contribution in [0.25, 0.3) is 0 Å². The fourth-order valence-electron chi connectivity index (χ4n) is 3.53. The van der Waals surface area contributed by atoms with Crippen LogP contribution in [0.4, 0.5) is 4.79 Å². The topological polar surface area (TPSA) is 98.1 Å². The number of nitrogens with zero attached hydrogens (tertiary/aromatic N) is 3. The molecule has 0 radical (unpaired) electrons. The molecular weight excluding hydrogens is 354 g/mol. The Balaban J connectivity index is 2.02. The third kappa shape index (κ3) is 3.40.